The maximum Gasteiger partial charge on any atom is 0.273 e. The first-order valence-corrected chi connectivity index (χ1v) is 5.85. The van der Waals surface area contributed by atoms with Gasteiger partial charge in [-0.15, -0.1) is 0 Å². The number of hydrogen-bond acceptors (Lipinski definition) is 4. The summed E-state index contributed by atoms with van der Waals surface area (Å²) in [4.78, 5) is 11.5. The van der Waals surface area contributed by atoms with Crippen LogP contribution in [-0.2, 0) is 4.74 Å². The maximum atomic E-state index is 11.5. The van der Waals surface area contributed by atoms with E-state index in [0.717, 1.165) is 19.4 Å². The summed E-state index contributed by atoms with van der Waals surface area (Å²) in [5.41, 5.74) is 0.317. The van der Waals surface area contributed by atoms with Gasteiger partial charge in [0.15, 0.2) is 9.46 Å². The Bertz CT molecular complexity index is 347. The second kappa shape index (κ2) is 4.93. The molecule has 1 N–H and O–H groups in total. The molecule has 82 valence electrons. The van der Waals surface area contributed by atoms with Crippen LogP contribution in [0.1, 0.15) is 23.3 Å². The van der Waals surface area contributed by atoms with Crippen LogP contribution in [0.5, 0.6) is 0 Å². The quantitative estimate of drug-likeness (QED) is 0.849. The van der Waals surface area contributed by atoms with Gasteiger partial charge in [0.1, 0.15) is 0 Å². The summed E-state index contributed by atoms with van der Waals surface area (Å²) in [6, 6.07) is 1.60. The lowest BCUT2D eigenvalue weighted by Crippen LogP contribution is -2.31. The lowest BCUT2D eigenvalue weighted by molar-refractivity contribution is 0.0850. The van der Waals surface area contributed by atoms with Gasteiger partial charge in [0, 0.05) is 41.8 Å². The van der Waals surface area contributed by atoms with Crippen LogP contribution in [0.25, 0.3) is 0 Å². The van der Waals surface area contributed by atoms with Gasteiger partial charge >= 0.3 is 0 Å². The van der Waals surface area contributed by atoms with E-state index in [9.17, 15) is 4.79 Å². The van der Waals surface area contributed by atoms with Gasteiger partial charge in [-0.2, -0.15) is 0 Å². The van der Waals surface area contributed by atoms with Crippen LogP contribution in [0.3, 0.4) is 0 Å². The number of aromatic nitrogens is 1. The molecular weight excluding hydrogens is 311 g/mol. The molecule has 1 aliphatic rings. The minimum Gasteiger partial charge on any atom is -0.376 e. The topological polar surface area (TPSA) is 64.4 Å². The minimum atomic E-state index is -0.211. The molecule has 2 heterocycles. The van der Waals surface area contributed by atoms with Crippen molar-refractivity contribution in [2.75, 3.05) is 13.2 Å². The van der Waals surface area contributed by atoms with E-state index >= 15 is 0 Å². The predicted octanol–water partition coefficient (Wildman–Crippen LogP) is 1.19. The Labute approximate surface area is 101 Å². The van der Waals surface area contributed by atoms with Crippen LogP contribution < -0.4 is 5.32 Å². The van der Waals surface area contributed by atoms with E-state index in [1.165, 1.54) is 0 Å². The van der Waals surface area contributed by atoms with Crippen LogP contribution in [0, 0.1) is 3.77 Å². The monoisotopic (exact) mass is 322 g/mol. The van der Waals surface area contributed by atoms with E-state index in [2.05, 4.69) is 10.5 Å². The highest BCUT2D eigenvalue weighted by Crippen LogP contribution is 2.11. The third-order valence-electron chi connectivity index (χ3n) is 2.23. The van der Waals surface area contributed by atoms with Crippen molar-refractivity contribution < 1.29 is 14.1 Å². The Hall–Kier alpha value is -0.630. The summed E-state index contributed by atoms with van der Waals surface area (Å²) in [5, 5.41) is 6.39. The van der Waals surface area contributed by atoms with Crippen molar-refractivity contribution >= 4 is 28.5 Å². The minimum absolute atomic E-state index is 0.153. The van der Waals surface area contributed by atoms with Crippen LogP contribution in [0.15, 0.2) is 10.6 Å². The largest absolute Gasteiger partial charge is 0.376 e. The average Bonchev–Trinajstić information content (AvgIpc) is 2.84. The Morgan fingerprint density at radius 1 is 1.73 bits per heavy atom. The van der Waals surface area contributed by atoms with Gasteiger partial charge in [-0.1, -0.05) is 5.16 Å². The normalized spacial score (nSPS) is 20.5. The van der Waals surface area contributed by atoms with Gasteiger partial charge in [0.25, 0.3) is 5.91 Å². The summed E-state index contributed by atoms with van der Waals surface area (Å²) < 4.78 is 10.8. The molecule has 15 heavy (non-hydrogen) atoms. The Balaban J connectivity index is 1.81. The molecule has 1 saturated heterocycles. The molecule has 1 aromatic heterocycles. The molecule has 1 fully saturated rings. The van der Waals surface area contributed by atoms with E-state index in [-0.39, 0.29) is 12.0 Å². The van der Waals surface area contributed by atoms with Crippen molar-refractivity contribution in [3.05, 3.63) is 15.5 Å². The van der Waals surface area contributed by atoms with Crippen LogP contribution in [-0.4, -0.2) is 30.3 Å². The maximum absolute atomic E-state index is 11.5. The van der Waals surface area contributed by atoms with Gasteiger partial charge < -0.3 is 14.6 Å². The van der Waals surface area contributed by atoms with Crippen molar-refractivity contribution in [2.45, 2.75) is 18.9 Å². The fourth-order valence-corrected chi connectivity index (χ4v) is 1.86. The molecular formula is C9H11IN2O3. The van der Waals surface area contributed by atoms with Gasteiger partial charge in [-0.3, -0.25) is 4.79 Å². The summed E-state index contributed by atoms with van der Waals surface area (Å²) in [5.74, 6) is -0.211. The van der Waals surface area contributed by atoms with Crippen molar-refractivity contribution in [2.24, 2.45) is 0 Å². The van der Waals surface area contributed by atoms with E-state index in [1.54, 1.807) is 6.07 Å². The highest BCUT2D eigenvalue weighted by Gasteiger charge is 2.17. The lowest BCUT2D eigenvalue weighted by Gasteiger charge is -2.08. The molecule has 1 aliphatic heterocycles. The number of nitrogens with one attached hydrogen (secondary N) is 1. The number of amides is 1. The van der Waals surface area contributed by atoms with Gasteiger partial charge in [0.05, 0.1) is 6.10 Å². The molecule has 6 heteroatoms. The third kappa shape index (κ3) is 2.91. The Morgan fingerprint density at radius 2 is 2.60 bits per heavy atom. The molecule has 1 unspecified atom stereocenters. The molecule has 0 radical (unpaired) electrons. The zero-order valence-electron chi connectivity index (χ0n) is 8.03. The van der Waals surface area contributed by atoms with Crippen molar-refractivity contribution in [1.29, 1.82) is 0 Å². The van der Waals surface area contributed by atoms with Crippen molar-refractivity contribution in [3.63, 3.8) is 0 Å². The number of ether oxygens (including phenoxy) is 1. The molecule has 0 saturated carbocycles. The molecule has 0 bridgehead atoms. The van der Waals surface area contributed by atoms with E-state index in [1.807, 2.05) is 22.6 Å². The Morgan fingerprint density at radius 3 is 3.20 bits per heavy atom. The summed E-state index contributed by atoms with van der Waals surface area (Å²) >= 11 is 1.97. The summed E-state index contributed by atoms with van der Waals surface area (Å²) in [7, 11) is 0. The SMILES string of the molecule is O=C(NCC1CCCO1)c1cc(I)on1. The molecule has 1 amide bonds. The first-order chi connectivity index (χ1) is 7.25. The van der Waals surface area contributed by atoms with Crippen molar-refractivity contribution in [3.8, 4) is 0 Å². The second-order valence-electron chi connectivity index (χ2n) is 3.36. The number of rotatable bonds is 3. The highest BCUT2D eigenvalue weighted by molar-refractivity contribution is 14.1. The molecule has 2 rings (SSSR count). The van der Waals surface area contributed by atoms with Gasteiger partial charge in [-0.05, 0) is 12.8 Å². The van der Waals surface area contributed by atoms with Crippen LogP contribution in [0.2, 0.25) is 0 Å². The number of carbonyl (C=O) groups is 1. The molecule has 1 atom stereocenters. The predicted molar refractivity (Wildman–Crippen MR) is 60.5 cm³/mol. The molecule has 0 aromatic carbocycles. The van der Waals surface area contributed by atoms with Gasteiger partial charge in [-0.25, -0.2) is 0 Å². The van der Waals surface area contributed by atoms with E-state index in [4.69, 9.17) is 9.26 Å². The fourth-order valence-electron chi connectivity index (χ4n) is 1.46. The highest BCUT2D eigenvalue weighted by atomic mass is 127. The summed E-state index contributed by atoms with van der Waals surface area (Å²) in [6.45, 7) is 1.34. The number of halogens is 1. The number of carbonyl (C=O) groups excluding carboxylic acids is 1. The fraction of sp³-hybridized carbons (Fsp3) is 0.556. The van der Waals surface area contributed by atoms with Crippen molar-refractivity contribution in [1.82, 2.24) is 10.5 Å². The molecule has 5 nitrogen and oxygen atoms in total. The van der Waals surface area contributed by atoms with Gasteiger partial charge in [0.2, 0.25) is 0 Å². The molecule has 0 spiro atoms. The number of hydrogen-bond donors (Lipinski definition) is 1. The summed E-state index contributed by atoms with van der Waals surface area (Å²) in [6.07, 6.45) is 2.24. The van der Waals surface area contributed by atoms with Crippen LogP contribution in [0.4, 0.5) is 0 Å². The standard InChI is InChI=1S/C9H11IN2O3/c10-8-4-7(12-15-8)9(13)11-5-6-2-1-3-14-6/h4,6H,1-3,5H2,(H,11,13). The molecule has 0 aliphatic carbocycles. The van der Waals surface area contributed by atoms with E-state index < -0.39 is 0 Å². The third-order valence-corrected chi connectivity index (χ3v) is 2.74. The zero-order valence-corrected chi connectivity index (χ0v) is 10.2. The zero-order chi connectivity index (χ0) is 10.7. The first kappa shape index (κ1) is 10.9. The first-order valence-electron chi connectivity index (χ1n) is 4.78. The molecule has 1 aromatic rings. The lowest BCUT2D eigenvalue weighted by atomic mass is 10.2. The Kier molecular flexibility index (Phi) is 3.57. The number of nitrogens with zero attached hydrogens (tertiary/aromatic N) is 1. The van der Waals surface area contributed by atoms with E-state index in [0.29, 0.717) is 16.0 Å². The van der Waals surface area contributed by atoms with Crippen LogP contribution >= 0.6 is 22.6 Å². The smallest absolute Gasteiger partial charge is 0.273 e. The average molecular weight is 322 g/mol. The second-order valence-corrected chi connectivity index (χ2v) is 4.42.